The van der Waals surface area contributed by atoms with Gasteiger partial charge in [-0.15, -0.1) is 0 Å². The SMILES string of the molecule is CCN1CC(C)(C)C(O)c2cccc(C(O[SiH](C)C)C(C)(C)C)c21. The largest absolute Gasteiger partial charge is 0.413 e. The molecule has 0 aromatic heterocycles. The van der Waals surface area contributed by atoms with E-state index in [0.29, 0.717) is 0 Å². The summed E-state index contributed by atoms with van der Waals surface area (Å²) in [6, 6.07) is 6.36. The fourth-order valence-electron chi connectivity index (χ4n) is 3.74. The van der Waals surface area contributed by atoms with Crippen molar-refractivity contribution >= 4 is 14.7 Å². The minimum atomic E-state index is -1.19. The Balaban J connectivity index is 2.63. The molecule has 1 aliphatic rings. The molecule has 3 nitrogen and oxygen atoms in total. The highest BCUT2D eigenvalue weighted by Gasteiger charge is 2.41. The number of fused-ring (bicyclic) bond motifs is 1. The van der Waals surface area contributed by atoms with Gasteiger partial charge < -0.3 is 14.4 Å². The number of benzene rings is 1. The Morgan fingerprint density at radius 2 is 1.96 bits per heavy atom. The van der Waals surface area contributed by atoms with Crippen LogP contribution in [0.2, 0.25) is 13.1 Å². The summed E-state index contributed by atoms with van der Waals surface area (Å²) in [7, 11) is -1.19. The molecule has 4 heteroatoms. The van der Waals surface area contributed by atoms with E-state index in [-0.39, 0.29) is 16.9 Å². The zero-order valence-corrected chi connectivity index (χ0v) is 17.8. The molecule has 1 N–H and O–H groups in total. The van der Waals surface area contributed by atoms with Crippen LogP contribution in [0, 0.1) is 10.8 Å². The van der Waals surface area contributed by atoms with Gasteiger partial charge in [0.2, 0.25) is 0 Å². The smallest absolute Gasteiger partial charge is 0.171 e. The molecule has 0 saturated carbocycles. The highest BCUT2D eigenvalue weighted by Crippen LogP contribution is 2.49. The molecule has 0 saturated heterocycles. The molecule has 0 spiro atoms. The Hall–Kier alpha value is -0.843. The summed E-state index contributed by atoms with van der Waals surface area (Å²) in [5, 5.41) is 10.9. The maximum absolute atomic E-state index is 10.9. The number of anilines is 1. The molecule has 24 heavy (non-hydrogen) atoms. The molecule has 1 heterocycles. The van der Waals surface area contributed by atoms with Crippen LogP contribution in [0.4, 0.5) is 5.69 Å². The number of aliphatic hydroxyl groups is 1. The second-order valence-corrected chi connectivity index (χ2v) is 11.5. The molecule has 0 aliphatic carbocycles. The molecular weight excluding hydrogens is 314 g/mol. The lowest BCUT2D eigenvalue weighted by Gasteiger charge is -2.46. The normalized spacial score (nSPS) is 21.8. The summed E-state index contributed by atoms with van der Waals surface area (Å²) in [5.74, 6) is 0. The Bertz CT molecular complexity index is 577. The average molecular weight is 350 g/mol. The van der Waals surface area contributed by atoms with Gasteiger partial charge in [-0.05, 0) is 25.4 Å². The van der Waals surface area contributed by atoms with Crippen LogP contribution in [0.5, 0.6) is 0 Å². The maximum Gasteiger partial charge on any atom is 0.171 e. The zero-order chi connectivity index (χ0) is 18.3. The Morgan fingerprint density at radius 3 is 2.46 bits per heavy atom. The van der Waals surface area contributed by atoms with Crippen molar-refractivity contribution < 1.29 is 9.53 Å². The highest BCUT2D eigenvalue weighted by atomic mass is 28.3. The standard InChI is InChI=1S/C20H35NO2Si/c1-9-21-13-20(5,6)17(22)14-11-10-12-15(16(14)21)18(19(2,3)4)23-24(7)8/h10-12,17-18,22,24H,9,13H2,1-8H3. The van der Waals surface area contributed by atoms with E-state index in [1.54, 1.807) is 0 Å². The number of para-hydroxylation sites is 1. The number of hydrogen-bond donors (Lipinski definition) is 1. The van der Waals surface area contributed by atoms with Gasteiger partial charge in [0.1, 0.15) is 0 Å². The zero-order valence-electron chi connectivity index (χ0n) is 16.7. The third kappa shape index (κ3) is 3.71. The van der Waals surface area contributed by atoms with Gasteiger partial charge in [0.25, 0.3) is 0 Å². The molecule has 0 bridgehead atoms. The van der Waals surface area contributed by atoms with Crippen molar-refractivity contribution in [2.24, 2.45) is 10.8 Å². The first-order valence-corrected chi connectivity index (χ1v) is 12.0. The number of rotatable bonds is 4. The van der Waals surface area contributed by atoms with E-state index >= 15 is 0 Å². The van der Waals surface area contributed by atoms with Crippen molar-refractivity contribution in [2.45, 2.75) is 66.8 Å². The first-order valence-electron chi connectivity index (χ1n) is 9.20. The second kappa shape index (κ2) is 6.81. The van der Waals surface area contributed by atoms with Crippen molar-refractivity contribution in [1.29, 1.82) is 0 Å². The third-order valence-corrected chi connectivity index (χ3v) is 5.72. The van der Waals surface area contributed by atoms with Crippen molar-refractivity contribution in [3.05, 3.63) is 29.3 Å². The summed E-state index contributed by atoms with van der Waals surface area (Å²) in [6.45, 7) is 19.5. The molecule has 1 aliphatic heterocycles. The number of hydrogen-bond acceptors (Lipinski definition) is 3. The first-order chi connectivity index (χ1) is 11.0. The summed E-state index contributed by atoms with van der Waals surface area (Å²) < 4.78 is 6.48. The number of aliphatic hydroxyl groups excluding tert-OH is 1. The Morgan fingerprint density at radius 1 is 1.33 bits per heavy atom. The Labute approximate surface area is 149 Å². The molecule has 2 atom stereocenters. The average Bonchev–Trinajstić information content (AvgIpc) is 2.46. The van der Waals surface area contributed by atoms with Crippen LogP contribution in [0.25, 0.3) is 0 Å². The van der Waals surface area contributed by atoms with Crippen LogP contribution in [-0.2, 0) is 4.43 Å². The van der Waals surface area contributed by atoms with Gasteiger partial charge in [0, 0.05) is 35.3 Å². The van der Waals surface area contributed by atoms with Crippen molar-refractivity contribution in [3.8, 4) is 0 Å². The number of nitrogens with zero attached hydrogens (tertiary/aromatic N) is 1. The fourth-order valence-corrected chi connectivity index (χ4v) is 4.84. The van der Waals surface area contributed by atoms with E-state index in [1.807, 2.05) is 0 Å². The quantitative estimate of drug-likeness (QED) is 0.802. The van der Waals surface area contributed by atoms with Gasteiger partial charge in [-0.3, -0.25) is 0 Å². The monoisotopic (exact) mass is 349 g/mol. The van der Waals surface area contributed by atoms with E-state index in [9.17, 15) is 5.11 Å². The van der Waals surface area contributed by atoms with Gasteiger partial charge in [0.05, 0.1) is 12.2 Å². The second-order valence-electron chi connectivity index (χ2n) is 9.12. The Kier molecular flexibility index (Phi) is 5.53. The molecule has 1 aromatic carbocycles. The van der Waals surface area contributed by atoms with Crippen molar-refractivity contribution in [2.75, 3.05) is 18.0 Å². The maximum atomic E-state index is 10.9. The van der Waals surface area contributed by atoms with Crippen LogP contribution in [-0.4, -0.2) is 27.2 Å². The molecule has 2 rings (SSSR count). The van der Waals surface area contributed by atoms with Crippen LogP contribution in [0.15, 0.2) is 18.2 Å². The minimum Gasteiger partial charge on any atom is -0.413 e. The van der Waals surface area contributed by atoms with Crippen LogP contribution < -0.4 is 4.90 Å². The van der Waals surface area contributed by atoms with E-state index < -0.39 is 15.1 Å². The predicted octanol–water partition coefficient (Wildman–Crippen LogP) is 4.67. The molecule has 136 valence electrons. The predicted molar refractivity (Wildman–Crippen MR) is 105 cm³/mol. The van der Waals surface area contributed by atoms with Gasteiger partial charge >= 0.3 is 0 Å². The van der Waals surface area contributed by atoms with Gasteiger partial charge in [-0.25, -0.2) is 0 Å². The molecule has 0 amide bonds. The lowest BCUT2D eigenvalue weighted by molar-refractivity contribution is 0.0459. The van der Waals surface area contributed by atoms with E-state index in [2.05, 4.69) is 77.7 Å². The lowest BCUT2D eigenvalue weighted by atomic mass is 9.75. The molecule has 0 radical (unpaired) electrons. The molecular formula is C20H35NO2Si. The van der Waals surface area contributed by atoms with E-state index in [4.69, 9.17) is 4.43 Å². The lowest BCUT2D eigenvalue weighted by Crippen LogP contribution is -2.44. The first kappa shape index (κ1) is 19.5. The summed E-state index contributed by atoms with van der Waals surface area (Å²) in [5.41, 5.74) is 3.35. The van der Waals surface area contributed by atoms with Gasteiger partial charge in [-0.2, -0.15) is 0 Å². The van der Waals surface area contributed by atoms with Gasteiger partial charge in [0.15, 0.2) is 9.04 Å². The van der Waals surface area contributed by atoms with Crippen molar-refractivity contribution in [3.63, 3.8) is 0 Å². The van der Waals surface area contributed by atoms with Crippen molar-refractivity contribution in [1.82, 2.24) is 0 Å². The summed E-state index contributed by atoms with van der Waals surface area (Å²) in [6.07, 6.45) is -0.381. The van der Waals surface area contributed by atoms with Crippen LogP contribution in [0.3, 0.4) is 0 Å². The van der Waals surface area contributed by atoms with Crippen LogP contribution in [0.1, 0.15) is 64.9 Å². The van der Waals surface area contributed by atoms with Gasteiger partial charge in [-0.1, -0.05) is 52.8 Å². The van der Waals surface area contributed by atoms with E-state index in [0.717, 1.165) is 18.7 Å². The molecule has 1 aromatic rings. The highest BCUT2D eigenvalue weighted by molar-refractivity contribution is 6.48. The summed E-state index contributed by atoms with van der Waals surface area (Å²) >= 11 is 0. The van der Waals surface area contributed by atoms with E-state index in [1.165, 1.54) is 11.3 Å². The summed E-state index contributed by atoms with van der Waals surface area (Å²) in [4.78, 5) is 2.42. The third-order valence-electron chi connectivity index (χ3n) is 4.91. The minimum absolute atomic E-state index is 0.0176. The van der Waals surface area contributed by atoms with Crippen LogP contribution >= 0.6 is 0 Å². The molecule has 2 unspecified atom stereocenters. The topological polar surface area (TPSA) is 32.7 Å². The molecule has 0 fully saturated rings. The fraction of sp³-hybridized carbons (Fsp3) is 0.700.